The quantitative estimate of drug-likeness (QED) is 0.511. The summed E-state index contributed by atoms with van der Waals surface area (Å²) in [5.74, 6) is 2.26. The molecule has 0 saturated carbocycles. The summed E-state index contributed by atoms with van der Waals surface area (Å²) in [6.45, 7) is 6.53. The molecule has 0 aliphatic carbocycles. The van der Waals surface area contributed by atoms with Gasteiger partial charge in [-0.1, -0.05) is 0 Å². The highest BCUT2D eigenvalue weighted by molar-refractivity contribution is 5.92. The Balaban J connectivity index is 0.00000324. The number of piperazine rings is 1. The number of hydrogen-bond acceptors (Lipinski definition) is 11. The SMILES string of the molecule is CCOC(=O)c1cnc(N2CCN(c3nc(N)c4cc(OC)c(OC)cc4n3)CC2)nc1C.Cl. The Morgan fingerprint density at radius 1 is 1.00 bits per heavy atom. The average Bonchev–Trinajstić information content (AvgIpc) is 2.83. The Hall–Kier alpha value is -3.60. The van der Waals surface area contributed by atoms with E-state index in [0.29, 0.717) is 84.2 Å². The summed E-state index contributed by atoms with van der Waals surface area (Å²) < 4.78 is 15.8. The topological polar surface area (TPSA) is 129 Å². The highest BCUT2D eigenvalue weighted by Gasteiger charge is 2.23. The molecule has 3 heterocycles. The smallest absolute Gasteiger partial charge is 0.341 e. The highest BCUT2D eigenvalue weighted by atomic mass is 35.5. The summed E-state index contributed by atoms with van der Waals surface area (Å²) in [7, 11) is 3.15. The minimum Gasteiger partial charge on any atom is -0.493 e. The lowest BCUT2D eigenvalue weighted by atomic mass is 10.2. The van der Waals surface area contributed by atoms with Gasteiger partial charge in [-0.2, -0.15) is 4.98 Å². The van der Waals surface area contributed by atoms with Gasteiger partial charge in [-0.3, -0.25) is 0 Å². The molecule has 0 bridgehead atoms. The van der Waals surface area contributed by atoms with Crippen molar-refractivity contribution in [2.45, 2.75) is 13.8 Å². The number of methoxy groups -OCH3 is 2. The predicted molar refractivity (Wildman–Crippen MR) is 131 cm³/mol. The fourth-order valence-corrected chi connectivity index (χ4v) is 3.73. The van der Waals surface area contributed by atoms with Gasteiger partial charge in [0.2, 0.25) is 11.9 Å². The molecule has 3 aromatic rings. The second kappa shape index (κ2) is 10.6. The molecule has 0 spiro atoms. The Labute approximate surface area is 203 Å². The van der Waals surface area contributed by atoms with E-state index in [0.717, 1.165) is 0 Å². The molecule has 0 amide bonds. The molecule has 2 aromatic heterocycles. The van der Waals surface area contributed by atoms with E-state index >= 15 is 0 Å². The number of aromatic nitrogens is 4. The van der Waals surface area contributed by atoms with Crippen LogP contribution in [-0.4, -0.2) is 72.9 Å². The highest BCUT2D eigenvalue weighted by Crippen LogP contribution is 2.34. The van der Waals surface area contributed by atoms with Gasteiger partial charge in [0.05, 0.1) is 37.6 Å². The standard InChI is InChI=1S/C22H27N7O4.ClH/c1-5-33-20(30)15-12-24-21(25-13(15)2)28-6-8-29(9-7-28)22-26-16-11-18(32-4)17(31-3)10-14(16)19(23)27-22;/h10-12H,5-9H2,1-4H3,(H2,23,26,27);1H. The van der Waals surface area contributed by atoms with Crippen molar-refractivity contribution in [1.29, 1.82) is 0 Å². The van der Waals surface area contributed by atoms with Gasteiger partial charge < -0.3 is 29.7 Å². The third kappa shape index (κ3) is 4.84. The number of fused-ring (bicyclic) bond motifs is 1. The molecule has 2 N–H and O–H groups in total. The van der Waals surface area contributed by atoms with Gasteiger partial charge in [0.15, 0.2) is 11.5 Å². The second-order valence-electron chi connectivity index (χ2n) is 7.50. The molecule has 12 heteroatoms. The molecular formula is C22H28ClN7O4. The third-order valence-electron chi connectivity index (χ3n) is 5.53. The van der Waals surface area contributed by atoms with Crippen LogP contribution in [0.5, 0.6) is 11.5 Å². The van der Waals surface area contributed by atoms with Crippen LogP contribution in [0, 0.1) is 6.92 Å². The minimum atomic E-state index is -0.410. The number of aryl methyl sites for hydroxylation is 1. The lowest BCUT2D eigenvalue weighted by Gasteiger charge is -2.35. The first-order valence-electron chi connectivity index (χ1n) is 10.6. The van der Waals surface area contributed by atoms with E-state index in [1.54, 1.807) is 40.2 Å². The minimum absolute atomic E-state index is 0. The Kier molecular flexibility index (Phi) is 7.77. The zero-order valence-corrected chi connectivity index (χ0v) is 20.4. The normalized spacial score (nSPS) is 13.4. The zero-order chi connectivity index (χ0) is 23.5. The van der Waals surface area contributed by atoms with Gasteiger partial charge in [-0.25, -0.2) is 19.7 Å². The molecule has 0 radical (unpaired) electrons. The van der Waals surface area contributed by atoms with Crippen molar-refractivity contribution in [1.82, 2.24) is 19.9 Å². The fraction of sp³-hybridized carbons (Fsp3) is 0.409. The molecule has 4 rings (SSSR count). The molecule has 1 aromatic carbocycles. The average molecular weight is 490 g/mol. The summed E-state index contributed by atoms with van der Waals surface area (Å²) in [5, 5.41) is 0.709. The van der Waals surface area contributed by atoms with Crippen LogP contribution in [0.2, 0.25) is 0 Å². The monoisotopic (exact) mass is 489 g/mol. The van der Waals surface area contributed by atoms with E-state index in [4.69, 9.17) is 24.9 Å². The van der Waals surface area contributed by atoms with Gasteiger partial charge in [0.1, 0.15) is 5.82 Å². The van der Waals surface area contributed by atoms with Crippen LogP contribution in [0.1, 0.15) is 23.0 Å². The molecule has 182 valence electrons. The second-order valence-corrected chi connectivity index (χ2v) is 7.50. The number of anilines is 3. The van der Waals surface area contributed by atoms with Crippen molar-refractivity contribution in [3.8, 4) is 11.5 Å². The van der Waals surface area contributed by atoms with Crippen molar-refractivity contribution < 1.29 is 19.0 Å². The van der Waals surface area contributed by atoms with E-state index < -0.39 is 5.97 Å². The Morgan fingerprint density at radius 3 is 2.21 bits per heavy atom. The Morgan fingerprint density at radius 2 is 1.62 bits per heavy atom. The number of esters is 1. The molecule has 34 heavy (non-hydrogen) atoms. The van der Waals surface area contributed by atoms with Crippen molar-refractivity contribution >= 4 is 47.0 Å². The maximum absolute atomic E-state index is 12.0. The predicted octanol–water partition coefficient (Wildman–Crippen LogP) is 2.25. The van der Waals surface area contributed by atoms with Gasteiger partial charge in [-0.05, 0) is 19.9 Å². The molecular weight excluding hydrogens is 462 g/mol. The maximum Gasteiger partial charge on any atom is 0.341 e. The first-order valence-corrected chi connectivity index (χ1v) is 10.6. The van der Waals surface area contributed by atoms with Crippen molar-refractivity contribution in [2.75, 3.05) is 62.5 Å². The van der Waals surface area contributed by atoms with E-state index in [1.807, 2.05) is 0 Å². The van der Waals surface area contributed by atoms with E-state index in [-0.39, 0.29) is 12.4 Å². The number of halogens is 1. The van der Waals surface area contributed by atoms with E-state index in [9.17, 15) is 4.79 Å². The number of carbonyl (C=O) groups is 1. The van der Waals surface area contributed by atoms with Crippen molar-refractivity contribution in [2.24, 2.45) is 0 Å². The number of hydrogen-bond donors (Lipinski definition) is 1. The van der Waals surface area contributed by atoms with Crippen LogP contribution >= 0.6 is 12.4 Å². The van der Waals surface area contributed by atoms with Crippen molar-refractivity contribution in [3.05, 3.63) is 29.6 Å². The van der Waals surface area contributed by atoms with Gasteiger partial charge in [-0.15, -0.1) is 12.4 Å². The zero-order valence-electron chi connectivity index (χ0n) is 19.6. The maximum atomic E-state index is 12.0. The van der Waals surface area contributed by atoms with Gasteiger partial charge >= 0.3 is 5.97 Å². The van der Waals surface area contributed by atoms with Crippen LogP contribution in [-0.2, 0) is 4.74 Å². The third-order valence-corrected chi connectivity index (χ3v) is 5.53. The molecule has 0 atom stereocenters. The number of nitrogens with two attached hydrogens (primary N) is 1. The van der Waals surface area contributed by atoms with Crippen molar-refractivity contribution in [3.63, 3.8) is 0 Å². The summed E-state index contributed by atoms with van der Waals surface area (Å²) in [5.41, 5.74) is 7.89. The molecule has 1 saturated heterocycles. The molecule has 1 aliphatic rings. The van der Waals surface area contributed by atoms with Crippen LogP contribution in [0.4, 0.5) is 17.7 Å². The molecule has 0 unspecified atom stereocenters. The number of nitrogens with zero attached hydrogens (tertiary/aromatic N) is 6. The lowest BCUT2D eigenvalue weighted by molar-refractivity contribution is 0.0524. The number of ether oxygens (including phenoxy) is 3. The largest absolute Gasteiger partial charge is 0.493 e. The molecule has 11 nitrogen and oxygen atoms in total. The molecule has 1 aliphatic heterocycles. The summed E-state index contributed by atoms with van der Waals surface area (Å²) in [4.78, 5) is 34.2. The number of carbonyl (C=O) groups excluding carboxylic acids is 1. The van der Waals surface area contributed by atoms with Gasteiger partial charge in [0, 0.05) is 43.8 Å². The van der Waals surface area contributed by atoms with Crippen LogP contribution in [0.25, 0.3) is 10.9 Å². The molecule has 1 fully saturated rings. The summed E-state index contributed by atoms with van der Waals surface area (Å²) in [6, 6.07) is 3.58. The first-order chi connectivity index (χ1) is 15.9. The number of nitrogen functional groups attached to an aromatic ring is 1. The Bertz CT molecular complexity index is 1190. The lowest BCUT2D eigenvalue weighted by Crippen LogP contribution is -2.47. The van der Waals surface area contributed by atoms with Gasteiger partial charge in [0.25, 0.3) is 0 Å². The van der Waals surface area contributed by atoms with E-state index in [2.05, 4.69) is 24.8 Å². The summed E-state index contributed by atoms with van der Waals surface area (Å²) >= 11 is 0. The number of rotatable bonds is 6. The van der Waals surface area contributed by atoms with Crippen LogP contribution < -0.4 is 25.0 Å². The van der Waals surface area contributed by atoms with Crippen LogP contribution in [0.15, 0.2) is 18.3 Å². The summed E-state index contributed by atoms with van der Waals surface area (Å²) in [6.07, 6.45) is 1.52. The van der Waals surface area contributed by atoms with E-state index in [1.165, 1.54) is 6.20 Å². The number of benzene rings is 1. The van der Waals surface area contributed by atoms with Crippen LogP contribution in [0.3, 0.4) is 0 Å². The fourth-order valence-electron chi connectivity index (χ4n) is 3.73. The first kappa shape index (κ1) is 25.0.